The quantitative estimate of drug-likeness (QED) is 0.753. The highest BCUT2D eigenvalue weighted by Gasteiger charge is 2.26. The second kappa shape index (κ2) is 7.00. The van der Waals surface area contributed by atoms with E-state index in [1.165, 1.54) is 12.8 Å². The molecule has 2 N–H and O–H groups in total. The van der Waals surface area contributed by atoms with Gasteiger partial charge in [-0.1, -0.05) is 27.2 Å². The average molecular weight is 241 g/mol. The van der Waals surface area contributed by atoms with Gasteiger partial charge in [-0.25, -0.2) is 0 Å². The molecule has 0 spiro atoms. The number of ether oxygens (including phenoxy) is 1. The average Bonchev–Trinajstić information content (AvgIpc) is 2.25. The number of carbonyl (C=O) groups is 1. The van der Waals surface area contributed by atoms with Crippen LogP contribution >= 0.6 is 0 Å². The zero-order valence-corrected chi connectivity index (χ0v) is 11.4. The van der Waals surface area contributed by atoms with E-state index in [9.17, 15) is 4.79 Å². The monoisotopic (exact) mass is 241 g/mol. The summed E-state index contributed by atoms with van der Waals surface area (Å²) in [5, 5.41) is 0. The van der Waals surface area contributed by atoms with E-state index in [1.54, 1.807) is 0 Å². The van der Waals surface area contributed by atoms with E-state index in [2.05, 4.69) is 20.8 Å². The predicted molar refractivity (Wildman–Crippen MR) is 69.5 cm³/mol. The molecule has 0 aromatic heterocycles. The standard InChI is InChI=1S/C14H27NO2/c1-10(2)7-12(9-15)14(16)17-13-6-4-5-11(3)8-13/h10-13H,4-9,15H2,1-3H3. The summed E-state index contributed by atoms with van der Waals surface area (Å²) >= 11 is 0. The van der Waals surface area contributed by atoms with Crippen molar-refractivity contribution in [2.75, 3.05) is 6.54 Å². The molecule has 0 radical (unpaired) electrons. The molecular weight excluding hydrogens is 214 g/mol. The van der Waals surface area contributed by atoms with Crippen LogP contribution in [0.5, 0.6) is 0 Å². The number of hydrogen-bond acceptors (Lipinski definition) is 3. The second-order valence-corrected chi connectivity index (χ2v) is 5.89. The summed E-state index contributed by atoms with van der Waals surface area (Å²) in [4.78, 5) is 12.0. The van der Waals surface area contributed by atoms with Gasteiger partial charge in [0.15, 0.2) is 0 Å². The lowest BCUT2D eigenvalue weighted by Crippen LogP contribution is -2.32. The lowest BCUT2D eigenvalue weighted by atomic mass is 9.88. The molecule has 0 aliphatic heterocycles. The van der Waals surface area contributed by atoms with Crippen LogP contribution in [0.15, 0.2) is 0 Å². The fourth-order valence-electron chi connectivity index (χ4n) is 2.60. The molecule has 1 saturated carbocycles. The number of rotatable bonds is 5. The van der Waals surface area contributed by atoms with Gasteiger partial charge in [0.25, 0.3) is 0 Å². The highest BCUT2D eigenvalue weighted by molar-refractivity contribution is 5.72. The van der Waals surface area contributed by atoms with Crippen molar-refractivity contribution in [2.24, 2.45) is 23.5 Å². The van der Waals surface area contributed by atoms with Crippen LogP contribution < -0.4 is 5.73 Å². The SMILES string of the molecule is CC(C)CC(CN)C(=O)OC1CCCC(C)C1. The van der Waals surface area contributed by atoms with Crippen molar-refractivity contribution in [2.45, 2.75) is 59.0 Å². The zero-order chi connectivity index (χ0) is 12.8. The van der Waals surface area contributed by atoms with Crippen LogP contribution in [-0.4, -0.2) is 18.6 Å². The predicted octanol–water partition coefficient (Wildman–Crippen LogP) is 2.73. The smallest absolute Gasteiger partial charge is 0.310 e. The number of nitrogens with two attached hydrogens (primary N) is 1. The minimum atomic E-state index is -0.118. The van der Waals surface area contributed by atoms with E-state index in [4.69, 9.17) is 10.5 Å². The van der Waals surface area contributed by atoms with Crippen LogP contribution in [0.4, 0.5) is 0 Å². The molecule has 1 fully saturated rings. The summed E-state index contributed by atoms with van der Waals surface area (Å²) in [6.07, 6.45) is 5.45. The maximum atomic E-state index is 12.0. The molecule has 100 valence electrons. The van der Waals surface area contributed by atoms with Gasteiger partial charge in [0, 0.05) is 6.54 Å². The van der Waals surface area contributed by atoms with E-state index in [0.717, 1.165) is 19.3 Å². The zero-order valence-electron chi connectivity index (χ0n) is 11.4. The maximum absolute atomic E-state index is 12.0. The van der Waals surface area contributed by atoms with Crippen LogP contribution in [0.1, 0.15) is 52.9 Å². The van der Waals surface area contributed by atoms with Crippen molar-refractivity contribution in [3.8, 4) is 0 Å². The van der Waals surface area contributed by atoms with Crippen LogP contribution in [0.25, 0.3) is 0 Å². The van der Waals surface area contributed by atoms with E-state index in [-0.39, 0.29) is 18.0 Å². The lowest BCUT2D eigenvalue weighted by Gasteiger charge is -2.28. The first-order chi connectivity index (χ1) is 8.02. The van der Waals surface area contributed by atoms with Crippen LogP contribution in [0.3, 0.4) is 0 Å². The largest absolute Gasteiger partial charge is 0.462 e. The van der Waals surface area contributed by atoms with Gasteiger partial charge in [0.1, 0.15) is 6.10 Å². The molecule has 17 heavy (non-hydrogen) atoms. The third-order valence-electron chi connectivity index (χ3n) is 3.54. The molecule has 0 aromatic rings. The highest BCUT2D eigenvalue weighted by atomic mass is 16.5. The summed E-state index contributed by atoms with van der Waals surface area (Å²) in [6.45, 7) is 6.85. The summed E-state index contributed by atoms with van der Waals surface area (Å²) in [7, 11) is 0. The second-order valence-electron chi connectivity index (χ2n) is 5.89. The van der Waals surface area contributed by atoms with Gasteiger partial charge in [0.2, 0.25) is 0 Å². The Hall–Kier alpha value is -0.570. The molecule has 1 aliphatic rings. The first-order valence-electron chi connectivity index (χ1n) is 6.93. The van der Waals surface area contributed by atoms with Gasteiger partial charge < -0.3 is 10.5 Å². The first-order valence-corrected chi connectivity index (χ1v) is 6.93. The maximum Gasteiger partial charge on any atom is 0.310 e. The van der Waals surface area contributed by atoms with Gasteiger partial charge in [-0.3, -0.25) is 4.79 Å². The van der Waals surface area contributed by atoms with Crippen molar-refractivity contribution >= 4 is 5.97 Å². The molecule has 0 aromatic carbocycles. The van der Waals surface area contributed by atoms with E-state index < -0.39 is 0 Å². The molecule has 0 heterocycles. The molecular formula is C14H27NO2. The molecule has 3 nitrogen and oxygen atoms in total. The molecule has 3 heteroatoms. The fraction of sp³-hybridized carbons (Fsp3) is 0.929. The van der Waals surface area contributed by atoms with E-state index >= 15 is 0 Å². The number of hydrogen-bond donors (Lipinski definition) is 1. The summed E-state index contributed by atoms with van der Waals surface area (Å²) in [6, 6.07) is 0. The number of carbonyl (C=O) groups excluding carboxylic acids is 1. The summed E-state index contributed by atoms with van der Waals surface area (Å²) in [5.74, 6) is 0.969. The third kappa shape index (κ3) is 5.07. The van der Waals surface area contributed by atoms with Crippen molar-refractivity contribution in [1.29, 1.82) is 0 Å². The molecule has 3 atom stereocenters. The van der Waals surface area contributed by atoms with Crippen molar-refractivity contribution < 1.29 is 9.53 Å². The molecule has 1 aliphatic carbocycles. The Morgan fingerprint density at radius 1 is 1.41 bits per heavy atom. The molecule has 0 amide bonds. The van der Waals surface area contributed by atoms with Gasteiger partial charge in [-0.15, -0.1) is 0 Å². The summed E-state index contributed by atoms with van der Waals surface area (Å²) in [5.41, 5.74) is 5.65. The Balaban J connectivity index is 2.40. The lowest BCUT2D eigenvalue weighted by molar-refractivity contribution is -0.156. The van der Waals surface area contributed by atoms with Gasteiger partial charge in [-0.05, 0) is 37.5 Å². The van der Waals surface area contributed by atoms with Crippen LogP contribution in [0.2, 0.25) is 0 Å². The Morgan fingerprint density at radius 3 is 2.65 bits per heavy atom. The Bertz CT molecular complexity index is 240. The third-order valence-corrected chi connectivity index (χ3v) is 3.54. The molecule has 0 bridgehead atoms. The minimum Gasteiger partial charge on any atom is -0.462 e. The fourth-order valence-corrected chi connectivity index (χ4v) is 2.60. The van der Waals surface area contributed by atoms with Gasteiger partial charge in [0.05, 0.1) is 5.92 Å². The Morgan fingerprint density at radius 2 is 2.12 bits per heavy atom. The number of esters is 1. The van der Waals surface area contributed by atoms with E-state index in [0.29, 0.717) is 18.4 Å². The summed E-state index contributed by atoms with van der Waals surface area (Å²) < 4.78 is 5.60. The molecule has 1 rings (SSSR count). The topological polar surface area (TPSA) is 52.3 Å². The van der Waals surface area contributed by atoms with Crippen molar-refractivity contribution in [1.82, 2.24) is 0 Å². The normalized spacial score (nSPS) is 26.9. The molecule has 3 unspecified atom stereocenters. The Labute approximate surface area is 105 Å². The van der Waals surface area contributed by atoms with Crippen LogP contribution in [-0.2, 0) is 9.53 Å². The van der Waals surface area contributed by atoms with Gasteiger partial charge in [-0.2, -0.15) is 0 Å². The van der Waals surface area contributed by atoms with E-state index in [1.807, 2.05) is 0 Å². The van der Waals surface area contributed by atoms with Crippen molar-refractivity contribution in [3.63, 3.8) is 0 Å². The van der Waals surface area contributed by atoms with Crippen LogP contribution in [0, 0.1) is 17.8 Å². The minimum absolute atomic E-state index is 0.0831. The Kier molecular flexibility index (Phi) is 5.96. The molecule has 0 saturated heterocycles. The van der Waals surface area contributed by atoms with Gasteiger partial charge >= 0.3 is 5.97 Å². The first kappa shape index (κ1) is 14.5. The highest BCUT2D eigenvalue weighted by Crippen LogP contribution is 2.26. The van der Waals surface area contributed by atoms with Crippen molar-refractivity contribution in [3.05, 3.63) is 0 Å².